The maximum atomic E-state index is 13.8. The Bertz CT molecular complexity index is 1210. The fourth-order valence-electron chi connectivity index (χ4n) is 5.06. The SMILES string of the molecule is CCCOC(=O)C1=C(C)NC2=C(C(=O)C[C@H](c3ccc(OC)cc3)C2)[C@@H]1c1ccc(OC)cc1OC. The molecule has 1 heterocycles. The smallest absolute Gasteiger partial charge is 0.336 e. The van der Waals surface area contributed by atoms with Crippen LogP contribution in [0.4, 0.5) is 0 Å². The van der Waals surface area contributed by atoms with Crippen LogP contribution in [0.1, 0.15) is 56.1 Å². The van der Waals surface area contributed by atoms with Gasteiger partial charge in [0, 0.05) is 35.0 Å². The number of hydrogen-bond donors (Lipinski definition) is 1. The lowest BCUT2D eigenvalue weighted by atomic mass is 9.71. The van der Waals surface area contributed by atoms with Crippen molar-refractivity contribution in [1.29, 1.82) is 0 Å². The van der Waals surface area contributed by atoms with E-state index in [4.69, 9.17) is 18.9 Å². The van der Waals surface area contributed by atoms with Gasteiger partial charge in [-0.15, -0.1) is 0 Å². The van der Waals surface area contributed by atoms with Gasteiger partial charge in [-0.2, -0.15) is 0 Å². The van der Waals surface area contributed by atoms with Crippen LogP contribution in [0.5, 0.6) is 17.2 Å². The molecule has 0 fully saturated rings. The number of rotatable bonds is 8. The second-order valence-electron chi connectivity index (χ2n) is 9.03. The molecule has 2 atom stereocenters. The molecule has 1 N–H and O–H groups in total. The Morgan fingerprint density at radius 1 is 0.972 bits per heavy atom. The quantitative estimate of drug-likeness (QED) is 0.519. The summed E-state index contributed by atoms with van der Waals surface area (Å²) in [4.78, 5) is 27.0. The molecule has 0 aromatic heterocycles. The number of allylic oxidation sites excluding steroid dienone is 3. The summed E-state index contributed by atoms with van der Waals surface area (Å²) in [5, 5.41) is 3.39. The fraction of sp³-hybridized carbons (Fsp3) is 0.379. The van der Waals surface area contributed by atoms with Crippen LogP contribution in [-0.4, -0.2) is 39.7 Å². The molecular weight excluding hydrogens is 458 g/mol. The zero-order valence-electron chi connectivity index (χ0n) is 21.5. The van der Waals surface area contributed by atoms with Crippen LogP contribution in [0.15, 0.2) is 65.0 Å². The van der Waals surface area contributed by atoms with E-state index in [2.05, 4.69) is 5.32 Å². The summed E-state index contributed by atoms with van der Waals surface area (Å²) in [5.41, 5.74) is 4.34. The second kappa shape index (κ2) is 10.9. The first-order valence-corrected chi connectivity index (χ1v) is 12.2. The van der Waals surface area contributed by atoms with Gasteiger partial charge < -0.3 is 24.3 Å². The highest BCUT2D eigenvalue weighted by Crippen LogP contribution is 2.48. The number of ketones is 1. The van der Waals surface area contributed by atoms with Gasteiger partial charge in [0.05, 0.1) is 39.4 Å². The highest BCUT2D eigenvalue weighted by molar-refractivity contribution is 6.04. The van der Waals surface area contributed by atoms with E-state index in [0.29, 0.717) is 54.2 Å². The second-order valence-corrected chi connectivity index (χ2v) is 9.03. The zero-order valence-corrected chi connectivity index (χ0v) is 21.5. The standard InChI is InChI=1S/C29H33NO6/c1-6-13-36-29(32)26-17(2)30-23-14-19(18-7-9-20(33-3)10-8-18)15-24(31)28(23)27(26)22-12-11-21(34-4)16-25(22)35-5/h7-12,16,19,27,30H,6,13-15H2,1-5H3/t19-,27-/m1/s1. The molecule has 0 unspecified atom stereocenters. The van der Waals surface area contributed by atoms with E-state index >= 15 is 0 Å². The first-order chi connectivity index (χ1) is 17.4. The van der Waals surface area contributed by atoms with Crippen LogP contribution >= 0.6 is 0 Å². The predicted molar refractivity (Wildman–Crippen MR) is 136 cm³/mol. The Labute approximate surface area is 212 Å². The van der Waals surface area contributed by atoms with Gasteiger partial charge in [-0.25, -0.2) is 4.79 Å². The summed E-state index contributed by atoms with van der Waals surface area (Å²) in [6.07, 6.45) is 1.70. The maximum Gasteiger partial charge on any atom is 0.336 e. The molecule has 2 aromatic rings. The summed E-state index contributed by atoms with van der Waals surface area (Å²) < 4.78 is 21.9. The van der Waals surface area contributed by atoms with Crippen molar-refractivity contribution < 1.29 is 28.5 Å². The summed E-state index contributed by atoms with van der Waals surface area (Å²) in [5.74, 6) is 0.945. The first-order valence-electron chi connectivity index (χ1n) is 12.2. The maximum absolute atomic E-state index is 13.8. The molecule has 2 aromatic carbocycles. The molecule has 0 saturated carbocycles. The van der Waals surface area contributed by atoms with Crippen LogP contribution in [0, 0.1) is 0 Å². The zero-order chi connectivity index (χ0) is 25.8. The van der Waals surface area contributed by atoms with Gasteiger partial charge in [-0.05, 0) is 49.4 Å². The monoisotopic (exact) mass is 491 g/mol. The van der Waals surface area contributed by atoms with Crippen molar-refractivity contribution in [3.63, 3.8) is 0 Å². The van der Waals surface area contributed by atoms with Gasteiger partial charge in [0.25, 0.3) is 0 Å². The Kier molecular flexibility index (Phi) is 7.67. The first kappa shape index (κ1) is 25.4. The van der Waals surface area contributed by atoms with E-state index in [1.165, 1.54) is 0 Å². The molecule has 4 rings (SSSR count). The summed E-state index contributed by atoms with van der Waals surface area (Å²) >= 11 is 0. The third-order valence-electron chi connectivity index (χ3n) is 6.82. The molecular formula is C29H33NO6. The number of benzene rings is 2. The highest BCUT2D eigenvalue weighted by atomic mass is 16.5. The topological polar surface area (TPSA) is 83.1 Å². The number of esters is 1. The van der Waals surface area contributed by atoms with Crippen molar-refractivity contribution in [3.8, 4) is 17.2 Å². The van der Waals surface area contributed by atoms with E-state index in [1.807, 2.05) is 50.2 Å². The molecule has 1 aliphatic heterocycles. The highest BCUT2D eigenvalue weighted by Gasteiger charge is 2.42. The largest absolute Gasteiger partial charge is 0.497 e. The fourth-order valence-corrected chi connectivity index (χ4v) is 5.06. The molecule has 0 radical (unpaired) electrons. The molecule has 7 heteroatoms. The number of hydrogen-bond acceptors (Lipinski definition) is 7. The van der Waals surface area contributed by atoms with Crippen LogP contribution in [0.3, 0.4) is 0 Å². The summed E-state index contributed by atoms with van der Waals surface area (Å²) in [6, 6.07) is 13.3. The van der Waals surface area contributed by atoms with Crippen molar-refractivity contribution in [2.24, 2.45) is 0 Å². The summed E-state index contributed by atoms with van der Waals surface area (Å²) in [7, 11) is 4.79. The van der Waals surface area contributed by atoms with Gasteiger partial charge in [0.1, 0.15) is 17.2 Å². The lowest BCUT2D eigenvalue weighted by molar-refractivity contribution is -0.139. The Morgan fingerprint density at radius 3 is 2.31 bits per heavy atom. The molecule has 0 amide bonds. The average Bonchev–Trinajstić information content (AvgIpc) is 2.90. The van der Waals surface area contributed by atoms with Gasteiger partial charge in [-0.1, -0.05) is 25.1 Å². The normalized spacial score (nSPS) is 19.4. The minimum atomic E-state index is -0.601. The molecule has 0 spiro atoms. The Morgan fingerprint density at radius 2 is 1.67 bits per heavy atom. The molecule has 0 saturated heterocycles. The number of dihydropyridines is 1. The van der Waals surface area contributed by atoms with Gasteiger partial charge in [0.15, 0.2) is 5.78 Å². The minimum absolute atomic E-state index is 0.000677. The molecule has 2 aliphatic rings. The number of Topliss-reactive ketones (excluding diaryl/α,β-unsaturated/α-hetero) is 1. The lowest BCUT2D eigenvalue weighted by Crippen LogP contribution is -2.36. The predicted octanol–water partition coefficient (Wildman–Crippen LogP) is 5.03. The summed E-state index contributed by atoms with van der Waals surface area (Å²) in [6.45, 7) is 4.11. The van der Waals surface area contributed by atoms with E-state index in [0.717, 1.165) is 22.6 Å². The van der Waals surface area contributed by atoms with Crippen LogP contribution in [0.2, 0.25) is 0 Å². The van der Waals surface area contributed by atoms with Crippen molar-refractivity contribution >= 4 is 11.8 Å². The molecule has 36 heavy (non-hydrogen) atoms. The Balaban J connectivity index is 1.80. The molecule has 0 bridgehead atoms. The van der Waals surface area contributed by atoms with Gasteiger partial charge in [-0.3, -0.25) is 4.79 Å². The van der Waals surface area contributed by atoms with E-state index in [1.54, 1.807) is 27.4 Å². The molecule has 190 valence electrons. The third kappa shape index (κ3) is 4.83. The van der Waals surface area contributed by atoms with E-state index < -0.39 is 11.9 Å². The van der Waals surface area contributed by atoms with E-state index in [-0.39, 0.29) is 11.7 Å². The van der Waals surface area contributed by atoms with Crippen molar-refractivity contribution in [1.82, 2.24) is 5.32 Å². The number of methoxy groups -OCH3 is 3. The van der Waals surface area contributed by atoms with E-state index in [9.17, 15) is 9.59 Å². The number of carbonyl (C=O) groups excluding carboxylic acids is 2. The minimum Gasteiger partial charge on any atom is -0.497 e. The van der Waals surface area contributed by atoms with Crippen molar-refractivity contribution in [3.05, 3.63) is 76.1 Å². The number of nitrogens with one attached hydrogen (secondary N) is 1. The molecule has 7 nitrogen and oxygen atoms in total. The number of ether oxygens (including phenoxy) is 4. The number of carbonyl (C=O) groups is 2. The van der Waals surface area contributed by atoms with Gasteiger partial charge >= 0.3 is 5.97 Å². The lowest BCUT2D eigenvalue weighted by Gasteiger charge is -2.37. The van der Waals surface area contributed by atoms with Crippen LogP contribution in [-0.2, 0) is 14.3 Å². The Hall–Kier alpha value is -3.74. The third-order valence-corrected chi connectivity index (χ3v) is 6.82. The van der Waals surface area contributed by atoms with Crippen molar-refractivity contribution in [2.75, 3.05) is 27.9 Å². The van der Waals surface area contributed by atoms with Crippen LogP contribution in [0.25, 0.3) is 0 Å². The average molecular weight is 492 g/mol. The molecule has 1 aliphatic carbocycles. The van der Waals surface area contributed by atoms with Crippen molar-refractivity contribution in [2.45, 2.75) is 44.9 Å². The van der Waals surface area contributed by atoms with Crippen LogP contribution < -0.4 is 19.5 Å². The van der Waals surface area contributed by atoms with Gasteiger partial charge in [0.2, 0.25) is 0 Å².